The summed E-state index contributed by atoms with van der Waals surface area (Å²) in [5, 5.41) is 3.31. The Balaban J connectivity index is 1.53. The van der Waals surface area contributed by atoms with Crippen molar-refractivity contribution in [2.24, 2.45) is 0 Å². The first kappa shape index (κ1) is 19.1. The molecule has 1 heterocycles. The van der Waals surface area contributed by atoms with E-state index < -0.39 is 0 Å². The zero-order chi connectivity index (χ0) is 19.1. The summed E-state index contributed by atoms with van der Waals surface area (Å²) < 4.78 is 10.7. The highest BCUT2D eigenvalue weighted by atomic mass is 16.5. The largest absolute Gasteiger partial charge is 0.497 e. The van der Waals surface area contributed by atoms with Crippen LogP contribution in [0, 0.1) is 0 Å². The molecule has 2 aromatic carbocycles. The molecule has 1 atom stereocenters. The van der Waals surface area contributed by atoms with E-state index in [-0.39, 0.29) is 11.9 Å². The standard InChI is InChI=1S/C22H28N2O3/c1-3-27-20-10-6-17(7-11-20)21-5-4-16-24(21)22(25)14-15-23-18-8-12-19(26-2)13-9-18/h6-13,21,23H,3-5,14-16H2,1-2H3/t21-/m1/s1. The minimum atomic E-state index is 0.175. The molecule has 1 amide bonds. The van der Waals surface area contributed by atoms with E-state index in [0.717, 1.165) is 36.6 Å². The number of ether oxygens (including phenoxy) is 2. The molecule has 5 nitrogen and oxygen atoms in total. The Morgan fingerprint density at radius 3 is 2.48 bits per heavy atom. The van der Waals surface area contributed by atoms with Crippen LogP contribution < -0.4 is 14.8 Å². The van der Waals surface area contributed by atoms with Crippen molar-refractivity contribution in [2.75, 3.05) is 32.1 Å². The van der Waals surface area contributed by atoms with Crippen molar-refractivity contribution in [3.05, 3.63) is 54.1 Å². The van der Waals surface area contributed by atoms with E-state index in [1.807, 2.05) is 48.2 Å². The van der Waals surface area contributed by atoms with Gasteiger partial charge in [-0.05, 0) is 61.7 Å². The lowest BCUT2D eigenvalue weighted by atomic mass is 10.0. The average molecular weight is 368 g/mol. The van der Waals surface area contributed by atoms with Crippen molar-refractivity contribution >= 4 is 11.6 Å². The third-order valence-corrected chi connectivity index (χ3v) is 4.91. The fraction of sp³-hybridized carbons (Fsp3) is 0.409. The summed E-state index contributed by atoms with van der Waals surface area (Å²) in [6.45, 7) is 4.09. The molecular formula is C22H28N2O3. The third-order valence-electron chi connectivity index (χ3n) is 4.91. The molecule has 0 radical (unpaired) electrons. The van der Waals surface area contributed by atoms with Crippen LogP contribution in [0.3, 0.4) is 0 Å². The fourth-order valence-electron chi connectivity index (χ4n) is 3.53. The van der Waals surface area contributed by atoms with Crippen LogP contribution in [0.15, 0.2) is 48.5 Å². The van der Waals surface area contributed by atoms with Gasteiger partial charge in [-0.2, -0.15) is 0 Å². The zero-order valence-corrected chi connectivity index (χ0v) is 16.1. The van der Waals surface area contributed by atoms with Crippen molar-refractivity contribution < 1.29 is 14.3 Å². The minimum absolute atomic E-state index is 0.175. The summed E-state index contributed by atoms with van der Waals surface area (Å²) in [4.78, 5) is 14.7. The fourth-order valence-corrected chi connectivity index (χ4v) is 3.53. The molecule has 2 aromatic rings. The van der Waals surface area contributed by atoms with E-state index in [1.54, 1.807) is 7.11 Å². The van der Waals surface area contributed by atoms with Crippen molar-refractivity contribution in [1.82, 2.24) is 4.90 Å². The number of hydrogen-bond acceptors (Lipinski definition) is 4. The normalized spacial score (nSPS) is 16.2. The van der Waals surface area contributed by atoms with E-state index in [4.69, 9.17) is 9.47 Å². The van der Waals surface area contributed by atoms with Gasteiger partial charge in [-0.25, -0.2) is 0 Å². The van der Waals surface area contributed by atoms with Crippen LogP contribution in [0.2, 0.25) is 0 Å². The Bertz CT molecular complexity index is 728. The number of benzene rings is 2. The predicted octanol–water partition coefficient (Wildman–Crippen LogP) is 4.26. The molecule has 1 aliphatic rings. The smallest absolute Gasteiger partial charge is 0.224 e. The van der Waals surface area contributed by atoms with Gasteiger partial charge in [0.1, 0.15) is 11.5 Å². The summed E-state index contributed by atoms with van der Waals surface area (Å²) in [5.41, 5.74) is 2.18. The van der Waals surface area contributed by atoms with Crippen LogP contribution in [0.4, 0.5) is 5.69 Å². The Morgan fingerprint density at radius 1 is 1.11 bits per heavy atom. The Hall–Kier alpha value is -2.69. The highest BCUT2D eigenvalue weighted by molar-refractivity contribution is 5.77. The second kappa shape index (κ2) is 9.31. The van der Waals surface area contributed by atoms with Crippen LogP contribution >= 0.6 is 0 Å². The number of nitrogens with zero attached hydrogens (tertiary/aromatic N) is 1. The number of anilines is 1. The molecule has 27 heavy (non-hydrogen) atoms. The summed E-state index contributed by atoms with van der Waals surface area (Å²) in [6, 6.07) is 16.1. The van der Waals surface area contributed by atoms with Gasteiger partial charge < -0.3 is 19.7 Å². The topological polar surface area (TPSA) is 50.8 Å². The van der Waals surface area contributed by atoms with Crippen LogP contribution in [-0.2, 0) is 4.79 Å². The lowest BCUT2D eigenvalue weighted by molar-refractivity contribution is -0.131. The van der Waals surface area contributed by atoms with Gasteiger partial charge in [0.2, 0.25) is 5.91 Å². The Labute approximate surface area is 161 Å². The van der Waals surface area contributed by atoms with Gasteiger partial charge in [0.25, 0.3) is 0 Å². The molecular weight excluding hydrogens is 340 g/mol. The van der Waals surface area contributed by atoms with Gasteiger partial charge in [-0.3, -0.25) is 4.79 Å². The maximum atomic E-state index is 12.7. The number of amides is 1. The molecule has 1 aliphatic heterocycles. The van der Waals surface area contributed by atoms with Crippen molar-refractivity contribution in [3.63, 3.8) is 0 Å². The Morgan fingerprint density at radius 2 is 1.81 bits per heavy atom. The quantitative estimate of drug-likeness (QED) is 0.756. The molecule has 0 aliphatic carbocycles. The monoisotopic (exact) mass is 368 g/mol. The molecule has 0 saturated carbocycles. The summed E-state index contributed by atoms with van der Waals surface area (Å²) >= 11 is 0. The number of carbonyl (C=O) groups is 1. The highest BCUT2D eigenvalue weighted by Crippen LogP contribution is 2.33. The molecule has 0 aromatic heterocycles. The van der Waals surface area contributed by atoms with Crippen LogP contribution in [0.5, 0.6) is 11.5 Å². The lowest BCUT2D eigenvalue weighted by Crippen LogP contribution is -2.31. The molecule has 0 bridgehead atoms. The molecule has 144 valence electrons. The SMILES string of the molecule is CCOc1ccc([C@H]2CCCN2C(=O)CCNc2ccc(OC)cc2)cc1. The molecule has 3 rings (SSSR count). The first-order chi connectivity index (χ1) is 13.2. The molecule has 0 unspecified atom stereocenters. The van der Waals surface area contributed by atoms with E-state index in [2.05, 4.69) is 17.4 Å². The van der Waals surface area contributed by atoms with E-state index in [0.29, 0.717) is 19.6 Å². The molecule has 1 N–H and O–H groups in total. The first-order valence-electron chi connectivity index (χ1n) is 9.61. The average Bonchev–Trinajstić information content (AvgIpc) is 3.19. The van der Waals surface area contributed by atoms with Gasteiger partial charge in [0.05, 0.1) is 19.8 Å². The van der Waals surface area contributed by atoms with Gasteiger partial charge in [-0.15, -0.1) is 0 Å². The summed E-state index contributed by atoms with van der Waals surface area (Å²) in [7, 11) is 1.65. The van der Waals surface area contributed by atoms with Gasteiger partial charge in [0, 0.05) is 25.2 Å². The number of carbonyl (C=O) groups excluding carboxylic acids is 1. The van der Waals surface area contributed by atoms with Crippen LogP contribution in [-0.4, -0.2) is 37.6 Å². The van der Waals surface area contributed by atoms with Crippen molar-refractivity contribution in [1.29, 1.82) is 0 Å². The van der Waals surface area contributed by atoms with E-state index >= 15 is 0 Å². The third kappa shape index (κ3) is 4.94. The second-order valence-corrected chi connectivity index (χ2v) is 6.65. The highest BCUT2D eigenvalue weighted by Gasteiger charge is 2.29. The van der Waals surface area contributed by atoms with Gasteiger partial charge in [0.15, 0.2) is 0 Å². The van der Waals surface area contributed by atoms with Gasteiger partial charge >= 0.3 is 0 Å². The minimum Gasteiger partial charge on any atom is -0.497 e. The zero-order valence-electron chi connectivity index (χ0n) is 16.1. The molecule has 0 spiro atoms. The lowest BCUT2D eigenvalue weighted by Gasteiger charge is -2.25. The Kier molecular flexibility index (Phi) is 6.58. The van der Waals surface area contributed by atoms with Crippen LogP contribution in [0.25, 0.3) is 0 Å². The second-order valence-electron chi connectivity index (χ2n) is 6.65. The summed E-state index contributed by atoms with van der Waals surface area (Å²) in [6.07, 6.45) is 2.56. The maximum Gasteiger partial charge on any atom is 0.224 e. The number of nitrogens with one attached hydrogen (secondary N) is 1. The van der Waals surface area contributed by atoms with Crippen molar-refractivity contribution in [3.8, 4) is 11.5 Å². The molecule has 1 saturated heterocycles. The number of hydrogen-bond donors (Lipinski definition) is 1. The number of rotatable bonds is 8. The molecule has 1 fully saturated rings. The number of methoxy groups -OCH3 is 1. The molecule has 5 heteroatoms. The first-order valence-corrected chi connectivity index (χ1v) is 9.61. The summed E-state index contributed by atoms with van der Waals surface area (Å²) in [5.74, 6) is 1.90. The van der Waals surface area contributed by atoms with Crippen molar-refractivity contribution in [2.45, 2.75) is 32.2 Å². The van der Waals surface area contributed by atoms with Crippen LogP contribution in [0.1, 0.15) is 37.8 Å². The number of likely N-dealkylation sites (tertiary alicyclic amines) is 1. The van der Waals surface area contributed by atoms with E-state index in [1.165, 1.54) is 5.56 Å². The predicted molar refractivity (Wildman–Crippen MR) is 107 cm³/mol. The maximum absolute atomic E-state index is 12.7. The van der Waals surface area contributed by atoms with E-state index in [9.17, 15) is 4.79 Å². The van der Waals surface area contributed by atoms with Gasteiger partial charge in [-0.1, -0.05) is 12.1 Å².